The van der Waals surface area contributed by atoms with Crippen LogP contribution >= 0.6 is 12.6 Å². The Morgan fingerprint density at radius 3 is 2.27 bits per heavy atom. The molecule has 0 aromatic rings. The lowest BCUT2D eigenvalue weighted by molar-refractivity contribution is 0.245. The minimum atomic E-state index is -0.488. The predicted octanol–water partition coefficient (Wildman–Crippen LogP) is 0.363. The standard InChI is InChI=1S/C8H16N4O2S/c1-3-9-7(13)11-6(5-15)12-8(14)10-4-2/h15H,3-5H2,1-2H3,(H3,9,10,11,12,13,14). The van der Waals surface area contributed by atoms with Crippen molar-refractivity contribution in [1.82, 2.24) is 16.0 Å². The lowest BCUT2D eigenvalue weighted by atomic mass is 10.6. The maximum absolute atomic E-state index is 11.1. The summed E-state index contributed by atoms with van der Waals surface area (Å²) in [6.45, 7) is 4.57. The maximum atomic E-state index is 11.1. The smallest absolute Gasteiger partial charge is 0.338 e. The summed E-state index contributed by atoms with van der Waals surface area (Å²) >= 11 is 3.95. The highest BCUT2D eigenvalue weighted by Gasteiger charge is 2.04. The van der Waals surface area contributed by atoms with E-state index in [4.69, 9.17) is 0 Å². The number of rotatable bonds is 3. The van der Waals surface area contributed by atoms with Crippen LogP contribution in [-0.2, 0) is 0 Å². The van der Waals surface area contributed by atoms with Crippen molar-refractivity contribution in [3.63, 3.8) is 0 Å². The van der Waals surface area contributed by atoms with Gasteiger partial charge in [0.05, 0.1) is 0 Å². The Labute approximate surface area is 94.3 Å². The lowest BCUT2D eigenvalue weighted by Gasteiger charge is -2.06. The number of aliphatic imine (C=N–C) groups is 1. The summed E-state index contributed by atoms with van der Waals surface area (Å²) in [5.74, 6) is 0.407. The lowest BCUT2D eigenvalue weighted by Crippen LogP contribution is -2.41. The second kappa shape index (κ2) is 8.10. The molecule has 0 rings (SSSR count). The number of hydrogen-bond donors (Lipinski definition) is 4. The van der Waals surface area contributed by atoms with Gasteiger partial charge in [0.1, 0.15) is 5.84 Å². The minimum absolute atomic E-state index is 0.189. The van der Waals surface area contributed by atoms with Crippen LogP contribution in [0.25, 0.3) is 0 Å². The molecule has 4 amide bonds. The monoisotopic (exact) mass is 232 g/mol. The molecule has 0 aliphatic rings. The number of carbonyl (C=O) groups excluding carboxylic acids is 2. The average Bonchev–Trinajstić information content (AvgIpc) is 2.17. The summed E-state index contributed by atoms with van der Waals surface area (Å²) in [4.78, 5) is 25.8. The van der Waals surface area contributed by atoms with E-state index in [9.17, 15) is 9.59 Å². The molecule has 0 spiro atoms. The van der Waals surface area contributed by atoms with E-state index in [2.05, 4.69) is 33.6 Å². The Kier molecular flexibility index (Phi) is 7.43. The van der Waals surface area contributed by atoms with Crippen molar-refractivity contribution in [2.24, 2.45) is 4.99 Å². The van der Waals surface area contributed by atoms with Crippen molar-refractivity contribution < 1.29 is 9.59 Å². The van der Waals surface area contributed by atoms with Crippen LogP contribution < -0.4 is 16.0 Å². The zero-order valence-corrected chi connectivity index (χ0v) is 9.73. The second-order valence-corrected chi connectivity index (χ2v) is 2.85. The molecule has 0 fully saturated rings. The van der Waals surface area contributed by atoms with Crippen LogP contribution in [0.4, 0.5) is 9.59 Å². The summed E-state index contributed by atoms with van der Waals surface area (Å²) in [5, 5.41) is 7.42. The fourth-order valence-electron chi connectivity index (χ4n) is 0.752. The highest BCUT2D eigenvalue weighted by Crippen LogP contribution is 1.83. The van der Waals surface area contributed by atoms with Crippen molar-refractivity contribution in [1.29, 1.82) is 0 Å². The van der Waals surface area contributed by atoms with Crippen molar-refractivity contribution in [2.75, 3.05) is 18.8 Å². The molecule has 0 aromatic carbocycles. The van der Waals surface area contributed by atoms with E-state index in [0.717, 1.165) is 0 Å². The first-order chi connectivity index (χ1) is 7.13. The molecule has 0 aliphatic carbocycles. The molecule has 0 aromatic heterocycles. The summed E-state index contributed by atoms with van der Waals surface area (Å²) in [6, 6.07) is -0.882. The van der Waals surface area contributed by atoms with Gasteiger partial charge in [-0.15, -0.1) is 0 Å². The van der Waals surface area contributed by atoms with E-state index in [0.29, 0.717) is 13.1 Å². The van der Waals surface area contributed by atoms with E-state index in [1.165, 1.54) is 0 Å². The van der Waals surface area contributed by atoms with E-state index >= 15 is 0 Å². The van der Waals surface area contributed by atoms with Gasteiger partial charge in [-0.1, -0.05) is 0 Å². The second-order valence-electron chi connectivity index (χ2n) is 2.54. The zero-order chi connectivity index (χ0) is 11.7. The number of nitrogens with one attached hydrogen (secondary N) is 3. The fourth-order valence-corrected chi connectivity index (χ4v) is 0.902. The molecule has 3 N–H and O–H groups in total. The first-order valence-electron chi connectivity index (χ1n) is 4.65. The zero-order valence-electron chi connectivity index (χ0n) is 8.83. The van der Waals surface area contributed by atoms with Crippen molar-refractivity contribution >= 4 is 30.5 Å². The molecule has 0 saturated carbocycles. The van der Waals surface area contributed by atoms with Gasteiger partial charge in [0, 0.05) is 18.8 Å². The Morgan fingerprint density at radius 1 is 1.20 bits per heavy atom. The summed E-state index contributed by atoms with van der Waals surface area (Å²) < 4.78 is 0. The van der Waals surface area contributed by atoms with Gasteiger partial charge in [0.25, 0.3) is 0 Å². The van der Waals surface area contributed by atoms with Crippen LogP contribution in [-0.4, -0.2) is 36.7 Å². The molecular formula is C8H16N4O2S. The molecular weight excluding hydrogens is 216 g/mol. The number of urea groups is 2. The van der Waals surface area contributed by atoms with Crippen molar-refractivity contribution in [3.05, 3.63) is 0 Å². The van der Waals surface area contributed by atoms with Gasteiger partial charge in [-0.25, -0.2) is 9.59 Å². The molecule has 0 saturated heterocycles. The topological polar surface area (TPSA) is 82.6 Å². The molecule has 86 valence electrons. The molecule has 0 aliphatic heterocycles. The SMILES string of the molecule is CCNC(=O)/N=C(\CS)NC(=O)NCC. The van der Waals surface area contributed by atoms with Crippen LogP contribution in [0, 0.1) is 0 Å². The molecule has 0 radical (unpaired) electrons. The van der Waals surface area contributed by atoms with Crippen molar-refractivity contribution in [2.45, 2.75) is 13.8 Å². The number of amides is 4. The van der Waals surface area contributed by atoms with E-state index in [1.807, 2.05) is 0 Å². The Hall–Kier alpha value is -1.24. The van der Waals surface area contributed by atoms with E-state index < -0.39 is 12.1 Å². The molecule has 7 heteroatoms. The molecule has 6 nitrogen and oxygen atoms in total. The van der Waals surface area contributed by atoms with Gasteiger partial charge in [-0.05, 0) is 13.8 Å². The van der Waals surface area contributed by atoms with Gasteiger partial charge in [-0.2, -0.15) is 17.6 Å². The van der Waals surface area contributed by atoms with Crippen LogP contribution in [0.3, 0.4) is 0 Å². The molecule has 0 heterocycles. The minimum Gasteiger partial charge on any atom is -0.338 e. The maximum Gasteiger partial charge on any atom is 0.342 e. The number of carbonyl (C=O) groups is 2. The summed E-state index contributed by atoms with van der Waals surface area (Å²) in [5.41, 5.74) is 0. The Morgan fingerprint density at radius 2 is 1.80 bits per heavy atom. The molecule has 0 atom stereocenters. The van der Waals surface area contributed by atoms with Gasteiger partial charge in [-0.3, -0.25) is 5.32 Å². The Bertz CT molecular complexity index is 255. The third-order valence-corrected chi connectivity index (χ3v) is 1.61. The first-order valence-corrected chi connectivity index (χ1v) is 5.28. The quantitative estimate of drug-likeness (QED) is 0.322. The highest BCUT2D eigenvalue weighted by molar-refractivity contribution is 7.81. The van der Waals surface area contributed by atoms with Gasteiger partial charge in [0.2, 0.25) is 0 Å². The van der Waals surface area contributed by atoms with Gasteiger partial charge in [0.15, 0.2) is 0 Å². The van der Waals surface area contributed by atoms with Gasteiger partial charge >= 0.3 is 12.1 Å². The third kappa shape index (κ3) is 6.78. The average molecular weight is 232 g/mol. The number of nitrogens with zero attached hydrogens (tertiary/aromatic N) is 1. The molecule has 15 heavy (non-hydrogen) atoms. The number of hydrogen-bond acceptors (Lipinski definition) is 3. The molecule has 0 unspecified atom stereocenters. The van der Waals surface area contributed by atoms with Crippen molar-refractivity contribution in [3.8, 4) is 0 Å². The van der Waals surface area contributed by atoms with Gasteiger partial charge < -0.3 is 10.6 Å². The van der Waals surface area contributed by atoms with Crippen LogP contribution in [0.15, 0.2) is 4.99 Å². The number of amidine groups is 1. The Balaban J connectivity index is 4.22. The van der Waals surface area contributed by atoms with E-state index in [1.54, 1.807) is 13.8 Å². The van der Waals surface area contributed by atoms with Crippen LogP contribution in [0.5, 0.6) is 0 Å². The van der Waals surface area contributed by atoms with Crippen LogP contribution in [0.2, 0.25) is 0 Å². The highest BCUT2D eigenvalue weighted by atomic mass is 32.1. The largest absolute Gasteiger partial charge is 0.342 e. The predicted molar refractivity (Wildman–Crippen MR) is 62.6 cm³/mol. The van der Waals surface area contributed by atoms with E-state index in [-0.39, 0.29) is 11.6 Å². The fraction of sp³-hybridized carbons (Fsp3) is 0.625. The summed E-state index contributed by atoms with van der Waals surface area (Å²) in [7, 11) is 0. The normalized spacial score (nSPS) is 10.7. The summed E-state index contributed by atoms with van der Waals surface area (Å²) in [6.07, 6.45) is 0. The van der Waals surface area contributed by atoms with Crippen LogP contribution in [0.1, 0.15) is 13.8 Å². The number of thiol groups is 1. The molecule has 0 bridgehead atoms. The third-order valence-electron chi connectivity index (χ3n) is 1.31. The first kappa shape index (κ1) is 13.8.